The Labute approximate surface area is 203 Å². The van der Waals surface area contributed by atoms with Gasteiger partial charge in [0.2, 0.25) is 11.9 Å². The van der Waals surface area contributed by atoms with E-state index in [1.165, 1.54) is 47.7 Å². The summed E-state index contributed by atoms with van der Waals surface area (Å²) >= 11 is 1.50. The monoisotopic (exact) mass is 492 g/mol. The van der Waals surface area contributed by atoms with Gasteiger partial charge in [-0.15, -0.1) is 11.3 Å². The van der Waals surface area contributed by atoms with E-state index in [0.717, 1.165) is 10.9 Å². The number of nitro groups is 1. The van der Waals surface area contributed by atoms with Gasteiger partial charge in [0.1, 0.15) is 17.4 Å². The maximum atomic E-state index is 13.3. The summed E-state index contributed by atoms with van der Waals surface area (Å²) in [5, 5.41) is 40.0. The average molecular weight is 493 g/mol. The Balaban J connectivity index is 1.65. The minimum Gasteiger partial charge on any atom is -0.508 e. The van der Waals surface area contributed by atoms with Crippen LogP contribution in [0.3, 0.4) is 0 Å². The molecule has 4 N–H and O–H groups in total. The summed E-state index contributed by atoms with van der Waals surface area (Å²) in [5.74, 6) is -1.73. The van der Waals surface area contributed by atoms with Crippen molar-refractivity contribution in [2.24, 2.45) is 21.0 Å². The summed E-state index contributed by atoms with van der Waals surface area (Å²) in [6.07, 6.45) is 1.60. The molecule has 0 radical (unpaired) electrons. The van der Waals surface area contributed by atoms with Crippen LogP contribution in [-0.4, -0.2) is 38.9 Å². The first-order chi connectivity index (χ1) is 16.8. The molecule has 0 aliphatic carbocycles. The van der Waals surface area contributed by atoms with Gasteiger partial charge in [0.05, 0.1) is 17.2 Å². The zero-order valence-electron chi connectivity index (χ0n) is 18.3. The molecule has 12 heteroatoms. The number of hydrogen-bond donors (Lipinski definition) is 4. The Morgan fingerprint density at radius 1 is 1.20 bits per heavy atom. The van der Waals surface area contributed by atoms with Crippen molar-refractivity contribution in [2.45, 2.75) is 13.0 Å². The Morgan fingerprint density at radius 3 is 2.74 bits per heavy atom. The van der Waals surface area contributed by atoms with Crippen LogP contribution in [0.5, 0.6) is 11.5 Å². The highest BCUT2D eigenvalue weighted by Crippen LogP contribution is 2.38. The van der Waals surface area contributed by atoms with Crippen molar-refractivity contribution < 1.29 is 19.9 Å². The Hall–Kier alpha value is -4.58. The minimum absolute atomic E-state index is 0.132. The molecule has 0 bridgehead atoms. The van der Waals surface area contributed by atoms with Crippen LogP contribution in [0, 0.1) is 16.0 Å². The number of guanidine groups is 1. The number of non-ortho nitro benzene ring substituents is 1. The standard InChI is InChI=1S/C23H20N6O5S/c1-13-20(22(32)26-14-4-2-5-15(10-14)29(33)34)21(18-8-7-16(30)11-19(18)31)27-23(25-13)28-24-12-17-6-3-9-35-17/h2-12,20-21,30-31H,1H3,(H,26,32)(H,27,28)/b24-12+. The minimum atomic E-state index is -0.948. The molecule has 11 nitrogen and oxygen atoms in total. The van der Waals surface area contributed by atoms with Crippen molar-refractivity contribution >= 4 is 46.5 Å². The zero-order valence-corrected chi connectivity index (χ0v) is 19.1. The van der Waals surface area contributed by atoms with E-state index in [4.69, 9.17) is 0 Å². The molecule has 1 amide bonds. The number of aromatic hydroxyl groups is 2. The SMILES string of the molecule is CC1=NC(N/N=C/c2cccs2)=NC(c2ccc(O)cc2O)C1C(=O)Nc1cccc([N+](=O)[O-])c1. The lowest BCUT2D eigenvalue weighted by Gasteiger charge is -2.28. The molecule has 0 fully saturated rings. The van der Waals surface area contributed by atoms with Crippen LogP contribution < -0.4 is 10.7 Å². The number of nitro benzene ring substituents is 1. The maximum Gasteiger partial charge on any atom is 0.271 e. The van der Waals surface area contributed by atoms with Crippen molar-refractivity contribution in [1.29, 1.82) is 0 Å². The first-order valence-electron chi connectivity index (χ1n) is 10.3. The van der Waals surface area contributed by atoms with Gasteiger partial charge >= 0.3 is 0 Å². The molecule has 3 aromatic rings. The van der Waals surface area contributed by atoms with Gasteiger partial charge in [-0.2, -0.15) is 5.10 Å². The first-order valence-corrected chi connectivity index (χ1v) is 11.2. The summed E-state index contributed by atoms with van der Waals surface area (Å²) in [7, 11) is 0. The van der Waals surface area contributed by atoms with Gasteiger partial charge in [0.25, 0.3) is 5.69 Å². The second-order valence-corrected chi connectivity index (χ2v) is 8.53. The molecule has 1 aliphatic rings. The molecule has 4 rings (SSSR count). The second-order valence-electron chi connectivity index (χ2n) is 7.55. The predicted octanol–water partition coefficient (Wildman–Crippen LogP) is 3.82. The number of hydrogen-bond acceptors (Lipinski definition) is 10. The van der Waals surface area contributed by atoms with Crippen molar-refractivity contribution in [1.82, 2.24) is 5.43 Å². The fourth-order valence-corrected chi connectivity index (χ4v) is 4.14. The van der Waals surface area contributed by atoms with Gasteiger partial charge < -0.3 is 15.5 Å². The number of carbonyl (C=O) groups is 1. The van der Waals surface area contributed by atoms with Gasteiger partial charge in [-0.3, -0.25) is 14.9 Å². The third-order valence-corrected chi connectivity index (χ3v) is 5.96. The summed E-state index contributed by atoms with van der Waals surface area (Å²) in [6, 6.07) is 12.4. The molecule has 1 aliphatic heterocycles. The van der Waals surface area contributed by atoms with Crippen molar-refractivity contribution in [3.8, 4) is 11.5 Å². The van der Waals surface area contributed by atoms with Crippen LogP contribution in [-0.2, 0) is 4.79 Å². The number of nitrogens with one attached hydrogen (secondary N) is 2. The van der Waals surface area contributed by atoms with E-state index in [9.17, 15) is 25.1 Å². The highest BCUT2D eigenvalue weighted by Gasteiger charge is 2.37. The molecule has 1 aromatic heterocycles. The largest absolute Gasteiger partial charge is 0.508 e. The highest BCUT2D eigenvalue weighted by molar-refractivity contribution is 7.11. The van der Waals surface area contributed by atoms with E-state index in [0.29, 0.717) is 5.71 Å². The molecule has 2 unspecified atom stereocenters. The first kappa shape index (κ1) is 23.6. The second kappa shape index (κ2) is 10.1. The highest BCUT2D eigenvalue weighted by atomic mass is 32.1. The zero-order chi connectivity index (χ0) is 24.9. The van der Waals surface area contributed by atoms with Gasteiger partial charge in [-0.25, -0.2) is 15.4 Å². The average Bonchev–Trinajstić information content (AvgIpc) is 3.32. The summed E-state index contributed by atoms with van der Waals surface area (Å²) < 4.78 is 0. The fourth-order valence-electron chi connectivity index (χ4n) is 3.55. The molecule has 0 saturated carbocycles. The lowest BCUT2D eigenvalue weighted by Crippen LogP contribution is -2.37. The molecule has 35 heavy (non-hydrogen) atoms. The van der Waals surface area contributed by atoms with Crippen LogP contribution in [0.1, 0.15) is 23.4 Å². The molecule has 0 saturated heterocycles. The van der Waals surface area contributed by atoms with E-state index < -0.39 is 22.8 Å². The number of benzene rings is 2. The normalized spacial score (nSPS) is 17.5. The molecular formula is C23H20N6O5S. The van der Waals surface area contributed by atoms with E-state index in [1.54, 1.807) is 13.1 Å². The van der Waals surface area contributed by atoms with Gasteiger partial charge in [0, 0.05) is 40.0 Å². The predicted molar refractivity (Wildman–Crippen MR) is 133 cm³/mol. The van der Waals surface area contributed by atoms with Crippen LogP contribution in [0.4, 0.5) is 11.4 Å². The topological polar surface area (TPSA) is 162 Å². The van der Waals surface area contributed by atoms with Crippen LogP contribution in [0.2, 0.25) is 0 Å². The molecular weight excluding hydrogens is 472 g/mol. The Bertz CT molecular complexity index is 1350. The van der Waals surface area contributed by atoms with Crippen LogP contribution in [0.15, 0.2) is 75.1 Å². The third-order valence-electron chi connectivity index (χ3n) is 5.15. The number of phenols is 2. The van der Waals surface area contributed by atoms with Gasteiger partial charge in [0.15, 0.2) is 0 Å². The Kier molecular flexibility index (Phi) is 6.83. The van der Waals surface area contributed by atoms with E-state index in [1.807, 2.05) is 17.5 Å². The van der Waals surface area contributed by atoms with Crippen molar-refractivity contribution in [3.05, 3.63) is 80.5 Å². The number of aliphatic imine (C=N–C) groups is 2. The number of amides is 1. The number of rotatable bonds is 6. The molecule has 2 heterocycles. The number of nitrogens with zero attached hydrogens (tertiary/aromatic N) is 4. The summed E-state index contributed by atoms with van der Waals surface area (Å²) in [5.41, 5.74) is 3.49. The molecule has 2 atom stereocenters. The lowest BCUT2D eigenvalue weighted by molar-refractivity contribution is -0.384. The number of thiophene rings is 1. The quantitative estimate of drug-likeness (QED) is 0.232. The smallest absolute Gasteiger partial charge is 0.271 e. The number of carbonyl (C=O) groups excluding carboxylic acids is 1. The van der Waals surface area contributed by atoms with Crippen molar-refractivity contribution in [3.63, 3.8) is 0 Å². The van der Waals surface area contributed by atoms with E-state index in [-0.39, 0.29) is 34.4 Å². The lowest BCUT2D eigenvalue weighted by atomic mass is 9.87. The van der Waals surface area contributed by atoms with Crippen LogP contribution >= 0.6 is 11.3 Å². The van der Waals surface area contributed by atoms with Crippen LogP contribution in [0.25, 0.3) is 0 Å². The fraction of sp³-hybridized carbons (Fsp3) is 0.130. The van der Waals surface area contributed by atoms with E-state index >= 15 is 0 Å². The molecule has 2 aromatic carbocycles. The number of phenolic OH excluding ortho intramolecular Hbond substituents is 2. The Morgan fingerprint density at radius 2 is 2.03 bits per heavy atom. The van der Waals surface area contributed by atoms with Gasteiger partial charge in [-0.1, -0.05) is 12.1 Å². The van der Waals surface area contributed by atoms with Crippen molar-refractivity contribution in [2.75, 3.05) is 5.32 Å². The maximum absolute atomic E-state index is 13.3. The molecule has 178 valence electrons. The molecule has 0 spiro atoms. The third kappa shape index (κ3) is 5.50. The van der Waals surface area contributed by atoms with E-state index in [2.05, 4.69) is 25.8 Å². The summed E-state index contributed by atoms with van der Waals surface area (Å²) in [6.45, 7) is 1.64. The summed E-state index contributed by atoms with van der Waals surface area (Å²) in [4.78, 5) is 33.6. The number of anilines is 1. The van der Waals surface area contributed by atoms with Gasteiger partial charge in [-0.05, 0) is 36.6 Å². The number of hydrazone groups is 1.